The predicted octanol–water partition coefficient (Wildman–Crippen LogP) is 2.39. The monoisotopic (exact) mass is 249 g/mol. The number of benzene rings is 1. The molecule has 17 heavy (non-hydrogen) atoms. The highest BCUT2D eigenvalue weighted by molar-refractivity contribution is 6.31. The van der Waals surface area contributed by atoms with E-state index in [4.69, 9.17) is 17.3 Å². The maximum absolute atomic E-state index is 5.99. The molecule has 0 bridgehead atoms. The van der Waals surface area contributed by atoms with Crippen LogP contribution in [-0.4, -0.2) is 16.3 Å². The molecular weight excluding hydrogens is 234 g/mol. The molecule has 0 radical (unpaired) electrons. The van der Waals surface area contributed by atoms with Crippen LogP contribution in [0.15, 0.2) is 30.5 Å². The normalized spacial score (nSPS) is 10.8. The van der Waals surface area contributed by atoms with Crippen molar-refractivity contribution in [2.24, 2.45) is 5.73 Å². The minimum Gasteiger partial charge on any atom is -0.330 e. The average molecular weight is 250 g/mol. The number of rotatable bonds is 4. The van der Waals surface area contributed by atoms with Crippen LogP contribution in [0.5, 0.6) is 0 Å². The van der Waals surface area contributed by atoms with Gasteiger partial charge in [-0.2, -0.15) is 5.10 Å². The van der Waals surface area contributed by atoms with Crippen LogP contribution in [0.3, 0.4) is 0 Å². The molecule has 4 heteroatoms. The summed E-state index contributed by atoms with van der Waals surface area (Å²) in [5.41, 5.74) is 9.14. The molecule has 1 heterocycles. The van der Waals surface area contributed by atoms with Gasteiger partial charge in [0.1, 0.15) is 0 Å². The van der Waals surface area contributed by atoms with Gasteiger partial charge in [0.25, 0.3) is 0 Å². The third kappa shape index (κ3) is 2.68. The third-order valence-electron chi connectivity index (χ3n) is 2.90. The number of halogens is 1. The fourth-order valence-electron chi connectivity index (χ4n) is 1.86. The van der Waals surface area contributed by atoms with Crippen molar-refractivity contribution in [2.45, 2.75) is 19.9 Å². The van der Waals surface area contributed by atoms with E-state index >= 15 is 0 Å². The average Bonchev–Trinajstić information content (AvgIpc) is 2.64. The Hall–Kier alpha value is -1.32. The van der Waals surface area contributed by atoms with E-state index in [0.717, 1.165) is 18.7 Å². The minimum absolute atomic E-state index is 0.663. The molecule has 2 rings (SSSR count). The fraction of sp³-hybridized carbons (Fsp3) is 0.308. The van der Waals surface area contributed by atoms with Gasteiger partial charge in [-0.15, -0.1) is 0 Å². The number of hydrogen-bond acceptors (Lipinski definition) is 2. The van der Waals surface area contributed by atoms with E-state index in [1.807, 2.05) is 23.7 Å². The lowest BCUT2D eigenvalue weighted by Gasteiger charge is -2.10. The van der Waals surface area contributed by atoms with Crippen molar-refractivity contribution in [3.63, 3.8) is 0 Å². The van der Waals surface area contributed by atoms with Gasteiger partial charge in [0.05, 0.1) is 23.5 Å². The van der Waals surface area contributed by atoms with Crippen molar-refractivity contribution in [1.29, 1.82) is 0 Å². The van der Waals surface area contributed by atoms with E-state index in [2.05, 4.69) is 17.2 Å². The molecule has 0 saturated heterocycles. The van der Waals surface area contributed by atoms with E-state index in [1.54, 1.807) is 6.20 Å². The Kier molecular flexibility index (Phi) is 3.82. The van der Waals surface area contributed by atoms with Gasteiger partial charge in [0.15, 0.2) is 0 Å². The molecule has 1 aromatic carbocycles. The zero-order chi connectivity index (χ0) is 12.3. The molecule has 2 N–H and O–H groups in total. The van der Waals surface area contributed by atoms with Gasteiger partial charge in [-0.05, 0) is 31.0 Å². The summed E-state index contributed by atoms with van der Waals surface area (Å²) in [5.74, 6) is 0. The third-order valence-corrected chi connectivity index (χ3v) is 3.27. The molecule has 3 nitrogen and oxygen atoms in total. The second-order valence-corrected chi connectivity index (χ2v) is 4.45. The SMILES string of the molecule is Cc1c(Cl)cnn1Cc1ccccc1CCN. The predicted molar refractivity (Wildman–Crippen MR) is 70.3 cm³/mol. The van der Waals surface area contributed by atoms with Gasteiger partial charge in [-0.1, -0.05) is 35.9 Å². The van der Waals surface area contributed by atoms with E-state index in [-0.39, 0.29) is 0 Å². The van der Waals surface area contributed by atoms with Gasteiger partial charge >= 0.3 is 0 Å². The lowest BCUT2D eigenvalue weighted by Crippen LogP contribution is -2.09. The Labute approximate surface area is 106 Å². The van der Waals surface area contributed by atoms with Crippen molar-refractivity contribution in [3.8, 4) is 0 Å². The Morgan fingerprint density at radius 1 is 1.29 bits per heavy atom. The molecule has 0 saturated carbocycles. The first kappa shape index (κ1) is 12.1. The molecular formula is C13H16ClN3. The fourth-order valence-corrected chi connectivity index (χ4v) is 2.00. The summed E-state index contributed by atoms with van der Waals surface area (Å²) in [4.78, 5) is 0. The van der Waals surface area contributed by atoms with E-state index in [9.17, 15) is 0 Å². The van der Waals surface area contributed by atoms with Gasteiger partial charge in [-0.3, -0.25) is 4.68 Å². The summed E-state index contributed by atoms with van der Waals surface area (Å²) in [6.07, 6.45) is 2.58. The summed E-state index contributed by atoms with van der Waals surface area (Å²) in [7, 11) is 0. The first-order valence-corrected chi connectivity index (χ1v) is 6.05. The van der Waals surface area contributed by atoms with Crippen molar-refractivity contribution >= 4 is 11.6 Å². The maximum Gasteiger partial charge on any atom is 0.0815 e. The second kappa shape index (κ2) is 5.34. The quantitative estimate of drug-likeness (QED) is 0.904. The first-order valence-electron chi connectivity index (χ1n) is 5.67. The van der Waals surface area contributed by atoms with Gasteiger partial charge in [0.2, 0.25) is 0 Å². The van der Waals surface area contributed by atoms with Gasteiger partial charge in [-0.25, -0.2) is 0 Å². The number of aromatic nitrogens is 2. The number of nitrogens with two attached hydrogens (primary N) is 1. The minimum atomic E-state index is 0.663. The number of nitrogens with zero attached hydrogens (tertiary/aromatic N) is 2. The largest absolute Gasteiger partial charge is 0.330 e. The smallest absolute Gasteiger partial charge is 0.0815 e. The highest BCUT2D eigenvalue weighted by Crippen LogP contribution is 2.16. The van der Waals surface area contributed by atoms with Crippen LogP contribution in [0.2, 0.25) is 5.02 Å². The summed E-state index contributed by atoms with van der Waals surface area (Å²) in [6, 6.07) is 8.30. The summed E-state index contributed by atoms with van der Waals surface area (Å²) in [6.45, 7) is 3.38. The maximum atomic E-state index is 5.99. The standard InChI is InChI=1S/C13H16ClN3/c1-10-13(14)8-16-17(10)9-12-5-3-2-4-11(12)6-7-15/h2-5,8H,6-7,9,15H2,1H3. The lowest BCUT2D eigenvalue weighted by atomic mass is 10.0. The van der Waals surface area contributed by atoms with Crippen LogP contribution in [0, 0.1) is 6.92 Å². The van der Waals surface area contributed by atoms with E-state index in [0.29, 0.717) is 11.6 Å². The molecule has 0 aliphatic carbocycles. The molecule has 0 aliphatic rings. The van der Waals surface area contributed by atoms with E-state index in [1.165, 1.54) is 11.1 Å². The van der Waals surface area contributed by atoms with Crippen molar-refractivity contribution in [1.82, 2.24) is 9.78 Å². The first-order chi connectivity index (χ1) is 8.22. The van der Waals surface area contributed by atoms with Crippen molar-refractivity contribution in [3.05, 3.63) is 52.3 Å². The highest BCUT2D eigenvalue weighted by atomic mass is 35.5. The molecule has 0 aliphatic heterocycles. The molecule has 1 aromatic heterocycles. The molecule has 0 unspecified atom stereocenters. The summed E-state index contributed by atoms with van der Waals surface area (Å²) in [5, 5.41) is 4.97. The van der Waals surface area contributed by atoms with Crippen LogP contribution >= 0.6 is 11.6 Å². The summed E-state index contributed by atoms with van der Waals surface area (Å²) < 4.78 is 1.91. The molecule has 0 atom stereocenters. The zero-order valence-corrected chi connectivity index (χ0v) is 10.6. The molecule has 0 amide bonds. The van der Waals surface area contributed by atoms with Crippen molar-refractivity contribution < 1.29 is 0 Å². The summed E-state index contributed by atoms with van der Waals surface area (Å²) >= 11 is 5.99. The van der Waals surface area contributed by atoms with Gasteiger partial charge in [0, 0.05) is 0 Å². The van der Waals surface area contributed by atoms with Crippen LogP contribution in [0.25, 0.3) is 0 Å². The molecule has 0 spiro atoms. The Morgan fingerprint density at radius 2 is 2.00 bits per heavy atom. The van der Waals surface area contributed by atoms with Crippen molar-refractivity contribution in [2.75, 3.05) is 6.54 Å². The Morgan fingerprint density at radius 3 is 2.59 bits per heavy atom. The zero-order valence-electron chi connectivity index (χ0n) is 9.86. The van der Waals surface area contributed by atoms with Crippen LogP contribution in [-0.2, 0) is 13.0 Å². The van der Waals surface area contributed by atoms with Crippen LogP contribution in [0.1, 0.15) is 16.8 Å². The van der Waals surface area contributed by atoms with Gasteiger partial charge < -0.3 is 5.73 Å². The Bertz CT molecular complexity index is 505. The molecule has 90 valence electrons. The number of hydrogen-bond donors (Lipinski definition) is 1. The Balaban J connectivity index is 2.26. The lowest BCUT2D eigenvalue weighted by molar-refractivity contribution is 0.660. The topological polar surface area (TPSA) is 43.8 Å². The van der Waals surface area contributed by atoms with E-state index < -0.39 is 0 Å². The molecule has 2 aromatic rings. The van der Waals surface area contributed by atoms with Crippen LogP contribution < -0.4 is 5.73 Å². The molecule has 0 fully saturated rings. The highest BCUT2D eigenvalue weighted by Gasteiger charge is 2.07. The van der Waals surface area contributed by atoms with Crippen LogP contribution in [0.4, 0.5) is 0 Å². The second-order valence-electron chi connectivity index (χ2n) is 4.04.